The summed E-state index contributed by atoms with van der Waals surface area (Å²) in [4.78, 5) is 28.0. The van der Waals surface area contributed by atoms with Crippen LogP contribution in [-0.4, -0.2) is 57.4 Å². The predicted octanol–water partition coefficient (Wildman–Crippen LogP) is 1.91. The average molecular weight is 430 g/mol. The number of benzene rings is 1. The van der Waals surface area contributed by atoms with Gasteiger partial charge in [-0.1, -0.05) is 6.07 Å². The van der Waals surface area contributed by atoms with Gasteiger partial charge in [-0.3, -0.25) is 9.89 Å². The number of hydrogen-bond donors (Lipinski definition) is 3. The third-order valence-corrected chi connectivity index (χ3v) is 5.59. The Morgan fingerprint density at radius 2 is 2.00 bits per heavy atom. The van der Waals surface area contributed by atoms with E-state index in [2.05, 4.69) is 25.1 Å². The first-order valence-corrected chi connectivity index (χ1v) is 10.2. The molecule has 0 atom stereocenters. The number of pyridine rings is 1. The fourth-order valence-electron chi connectivity index (χ4n) is 3.94. The van der Waals surface area contributed by atoms with E-state index in [1.54, 1.807) is 18.5 Å². The molecule has 0 bridgehead atoms. The molecule has 4 aromatic rings. The van der Waals surface area contributed by atoms with Crippen LogP contribution in [0.2, 0.25) is 0 Å². The highest BCUT2D eigenvalue weighted by Crippen LogP contribution is 2.36. The number of aromatic amines is 1. The van der Waals surface area contributed by atoms with Crippen molar-refractivity contribution < 1.29 is 9.53 Å². The van der Waals surface area contributed by atoms with Crippen LogP contribution in [0.15, 0.2) is 36.7 Å². The number of H-pyrrole nitrogens is 1. The number of rotatable bonds is 4. The number of nitrogens with one attached hydrogen (secondary N) is 1. The number of hydrogen-bond acceptors (Lipinski definition) is 8. The number of amides is 1. The van der Waals surface area contributed by atoms with Crippen molar-refractivity contribution in [1.29, 1.82) is 0 Å². The molecule has 5 N–H and O–H groups in total. The molecule has 1 aliphatic heterocycles. The minimum absolute atomic E-state index is 0.0189. The van der Waals surface area contributed by atoms with E-state index in [1.165, 1.54) is 0 Å². The minimum atomic E-state index is -0.716. The summed E-state index contributed by atoms with van der Waals surface area (Å²) in [6.45, 7) is 4.75. The van der Waals surface area contributed by atoms with Crippen molar-refractivity contribution in [3.63, 3.8) is 0 Å². The summed E-state index contributed by atoms with van der Waals surface area (Å²) in [5.41, 5.74) is 15.8. The monoisotopic (exact) mass is 430 g/mol. The maximum Gasteiger partial charge on any atom is 0.269 e. The number of morpholine rings is 1. The summed E-state index contributed by atoms with van der Waals surface area (Å²) in [6, 6.07) is 7.59. The first kappa shape index (κ1) is 19.9. The number of fused-ring (bicyclic) bond motifs is 1. The van der Waals surface area contributed by atoms with Gasteiger partial charge >= 0.3 is 0 Å². The molecule has 10 nitrogen and oxygen atoms in total. The van der Waals surface area contributed by atoms with Crippen LogP contribution >= 0.6 is 0 Å². The van der Waals surface area contributed by atoms with E-state index in [9.17, 15) is 4.79 Å². The molecule has 0 unspecified atom stereocenters. The Morgan fingerprint density at radius 3 is 2.78 bits per heavy atom. The molecule has 10 heteroatoms. The largest absolute Gasteiger partial charge is 0.395 e. The number of nitrogen functional groups attached to an aromatic ring is 1. The number of aryl methyl sites for hydroxylation is 1. The number of ether oxygens (including phenoxy) is 1. The molecule has 1 fully saturated rings. The van der Waals surface area contributed by atoms with Crippen LogP contribution in [0.1, 0.15) is 16.1 Å². The lowest BCUT2D eigenvalue weighted by atomic mass is 9.99. The molecule has 0 spiro atoms. The molecule has 0 radical (unpaired) electrons. The molecule has 0 aliphatic carbocycles. The van der Waals surface area contributed by atoms with Crippen LogP contribution in [0.5, 0.6) is 0 Å². The van der Waals surface area contributed by atoms with Crippen molar-refractivity contribution in [2.24, 2.45) is 5.73 Å². The second-order valence-electron chi connectivity index (χ2n) is 7.61. The summed E-state index contributed by atoms with van der Waals surface area (Å²) in [5.74, 6) is 0.424. The van der Waals surface area contributed by atoms with Gasteiger partial charge in [0.05, 0.1) is 36.3 Å². The summed E-state index contributed by atoms with van der Waals surface area (Å²) < 4.78 is 5.43. The van der Waals surface area contributed by atoms with Crippen molar-refractivity contribution in [3.8, 4) is 22.6 Å². The van der Waals surface area contributed by atoms with E-state index in [4.69, 9.17) is 21.2 Å². The smallest absolute Gasteiger partial charge is 0.269 e. The van der Waals surface area contributed by atoms with Gasteiger partial charge in [-0.15, -0.1) is 0 Å². The number of nitrogens with two attached hydrogens (primary N) is 2. The number of nitrogens with zero attached hydrogens (tertiary/aromatic N) is 5. The molecular formula is C22H22N8O2. The molecule has 4 heterocycles. The molecule has 32 heavy (non-hydrogen) atoms. The van der Waals surface area contributed by atoms with Crippen molar-refractivity contribution in [1.82, 2.24) is 25.1 Å². The normalized spacial score (nSPS) is 14.1. The molecule has 1 aliphatic rings. The van der Waals surface area contributed by atoms with Crippen LogP contribution in [0.3, 0.4) is 0 Å². The maximum absolute atomic E-state index is 12.2. The van der Waals surface area contributed by atoms with Gasteiger partial charge in [0.15, 0.2) is 11.5 Å². The van der Waals surface area contributed by atoms with E-state index in [0.29, 0.717) is 30.3 Å². The minimum Gasteiger partial charge on any atom is -0.395 e. The fraction of sp³-hybridized carbons (Fsp3) is 0.227. The van der Waals surface area contributed by atoms with Crippen LogP contribution in [0, 0.1) is 6.92 Å². The zero-order valence-electron chi connectivity index (χ0n) is 17.5. The van der Waals surface area contributed by atoms with Crippen LogP contribution in [0.25, 0.3) is 33.5 Å². The number of primary amides is 1. The third-order valence-electron chi connectivity index (χ3n) is 5.59. The summed E-state index contributed by atoms with van der Waals surface area (Å²) in [6.07, 6.45) is 3.41. The van der Waals surface area contributed by atoms with Crippen LogP contribution < -0.4 is 16.4 Å². The lowest BCUT2D eigenvalue weighted by Gasteiger charge is -2.27. The molecular weight excluding hydrogens is 408 g/mol. The summed E-state index contributed by atoms with van der Waals surface area (Å²) in [7, 11) is 0. The number of anilines is 2. The third kappa shape index (κ3) is 3.40. The fourth-order valence-corrected chi connectivity index (χ4v) is 3.94. The quantitative estimate of drug-likeness (QED) is 0.444. The van der Waals surface area contributed by atoms with Gasteiger partial charge in [0.2, 0.25) is 0 Å². The van der Waals surface area contributed by atoms with E-state index < -0.39 is 5.91 Å². The van der Waals surface area contributed by atoms with E-state index in [-0.39, 0.29) is 11.4 Å². The van der Waals surface area contributed by atoms with Gasteiger partial charge in [0, 0.05) is 35.8 Å². The lowest BCUT2D eigenvalue weighted by molar-refractivity contribution is 0.0996. The highest BCUT2D eigenvalue weighted by atomic mass is 16.5. The van der Waals surface area contributed by atoms with Gasteiger partial charge in [0.1, 0.15) is 5.82 Å². The van der Waals surface area contributed by atoms with Crippen molar-refractivity contribution in [3.05, 3.63) is 47.9 Å². The standard InChI is InChI=1S/C22H22N8O2/c1-12-2-3-15-14(11-26-29-15)17(12)19-18(23)20(21(24)31)28-22(27-19)13-4-5-25-16(10-13)30-6-8-32-9-7-30/h2-5,10-11H,6-9,23H2,1H3,(H2,24,31)(H,26,29). The first-order valence-electron chi connectivity index (χ1n) is 10.2. The number of aromatic nitrogens is 5. The molecule has 1 amide bonds. The summed E-state index contributed by atoms with van der Waals surface area (Å²) >= 11 is 0. The highest BCUT2D eigenvalue weighted by Gasteiger charge is 2.22. The Labute approximate surface area is 183 Å². The topological polar surface area (TPSA) is 149 Å². The zero-order chi connectivity index (χ0) is 22.2. The van der Waals surface area contributed by atoms with E-state index in [1.807, 2.05) is 25.1 Å². The van der Waals surface area contributed by atoms with Gasteiger partial charge in [0.25, 0.3) is 5.91 Å². The second kappa shape index (κ2) is 7.89. The van der Waals surface area contributed by atoms with Gasteiger partial charge in [-0.25, -0.2) is 15.0 Å². The molecule has 0 saturated carbocycles. The second-order valence-corrected chi connectivity index (χ2v) is 7.61. The lowest BCUT2D eigenvalue weighted by Crippen LogP contribution is -2.36. The van der Waals surface area contributed by atoms with Gasteiger partial charge in [-0.05, 0) is 30.7 Å². The molecule has 5 rings (SSSR count). The molecule has 1 aromatic carbocycles. The van der Waals surface area contributed by atoms with Gasteiger partial charge < -0.3 is 21.1 Å². The number of carbonyl (C=O) groups is 1. The SMILES string of the molecule is Cc1ccc2[nH]ncc2c1-c1nc(-c2ccnc(N3CCOCC3)c2)nc(C(N)=O)c1N. The Kier molecular flexibility index (Phi) is 4.91. The average Bonchev–Trinajstić information content (AvgIpc) is 3.29. The Hall–Kier alpha value is -4.05. The molecule has 3 aromatic heterocycles. The van der Waals surface area contributed by atoms with Crippen molar-refractivity contribution in [2.45, 2.75) is 6.92 Å². The van der Waals surface area contributed by atoms with Crippen molar-refractivity contribution >= 4 is 28.3 Å². The van der Waals surface area contributed by atoms with Crippen molar-refractivity contribution in [2.75, 3.05) is 36.9 Å². The highest BCUT2D eigenvalue weighted by molar-refractivity contribution is 6.04. The predicted molar refractivity (Wildman–Crippen MR) is 121 cm³/mol. The molecule has 162 valence electrons. The van der Waals surface area contributed by atoms with Gasteiger partial charge in [-0.2, -0.15) is 5.10 Å². The van der Waals surface area contributed by atoms with E-state index >= 15 is 0 Å². The number of carbonyl (C=O) groups excluding carboxylic acids is 1. The van der Waals surface area contributed by atoms with Crippen LogP contribution in [-0.2, 0) is 4.74 Å². The Balaban J connectivity index is 1.70. The zero-order valence-corrected chi connectivity index (χ0v) is 17.5. The summed E-state index contributed by atoms with van der Waals surface area (Å²) in [5, 5.41) is 7.94. The maximum atomic E-state index is 12.2. The first-order chi connectivity index (χ1) is 15.5. The Bertz CT molecular complexity index is 1330. The molecule has 1 saturated heterocycles. The van der Waals surface area contributed by atoms with E-state index in [0.717, 1.165) is 40.9 Å². The van der Waals surface area contributed by atoms with Crippen LogP contribution in [0.4, 0.5) is 11.5 Å². The Morgan fingerprint density at radius 1 is 1.19 bits per heavy atom.